The van der Waals surface area contributed by atoms with Crippen molar-refractivity contribution in [3.63, 3.8) is 0 Å². The zero-order chi connectivity index (χ0) is 13.0. The van der Waals surface area contributed by atoms with E-state index in [9.17, 15) is 14.0 Å². The van der Waals surface area contributed by atoms with Crippen LogP contribution in [0.4, 0.5) is 4.39 Å². The average Bonchev–Trinajstić information content (AvgIpc) is 2.29. The summed E-state index contributed by atoms with van der Waals surface area (Å²) in [5, 5.41) is 19.1. The van der Waals surface area contributed by atoms with Gasteiger partial charge >= 0.3 is 5.97 Å². The Morgan fingerprint density at radius 2 is 2.12 bits per heavy atom. The number of carbonyl (C=O) groups is 2. The Bertz CT molecular complexity index is 452. The number of carbonyl (C=O) groups excluding carboxylic acids is 1. The first-order valence-electron chi connectivity index (χ1n) is 4.56. The smallest absolute Gasteiger partial charge is 0.334 e. The fraction of sp³-hybridized carbons (Fsp3) is 0.200. The van der Waals surface area contributed by atoms with Crippen LogP contribution in [0.25, 0.3) is 0 Å². The fourth-order valence-corrected chi connectivity index (χ4v) is 1.26. The zero-order valence-electron chi connectivity index (χ0n) is 8.48. The average molecular weight is 262 g/mol. The van der Waals surface area contributed by atoms with E-state index in [-0.39, 0.29) is 10.6 Å². The molecule has 92 valence electrons. The molecule has 1 unspecified atom stereocenters. The molecule has 0 spiro atoms. The van der Waals surface area contributed by atoms with E-state index in [1.54, 1.807) is 0 Å². The van der Waals surface area contributed by atoms with E-state index in [1.807, 2.05) is 0 Å². The molecule has 0 aliphatic rings. The third-order valence-corrected chi connectivity index (χ3v) is 2.32. The summed E-state index contributed by atoms with van der Waals surface area (Å²) in [6, 6.07) is 3.67. The Kier molecular flexibility index (Phi) is 4.42. The molecular formula is C10H9ClFNO4. The minimum Gasteiger partial charge on any atom is -0.479 e. The van der Waals surface area contributed by atoms with Crippen molar-refractivity contribution in [2.24, 2.45) is 0 Å². The van der Waals surface area contributed by atoms with E-state index in [4.69, 9.17) is 21.8 Å². The van der Waals surface area contributed by atoms with Crippen LogP contribution in [0.15, 0.2) is 18.2 Å². The van der Waals surface area contributed by atoms with E-state index in [0.29, 0.717) is 0 Å². The lowest BCUT2D eigenvalue weighted by Crippen LogP contribution is -2.36. The van der Waals surface area contributed by atoms with E-state index in [2.05, 4.69) is 5.32 Å². The van der Waals surface area contributed by atoms with Gasteiger partial charge in [-0.15, -0.1) is 0 Å². The normalized spacial score (nSPS) is 11.9. The topological polar surface area (TPSA) is 86.6 Å². The van der Waals surface area contributed by atoms with E-state index in [1.165, 1.54) is 12.1 Å². The van der Waals surface area contributed by atoms with Crippen LogP contribution in [0.2, 0.25) is 5.02 Å². The van der Waals surface area contributed by atoms with E-state index >= 15 is 0 Å². The minimum atomic E-state index is -1.72. The van der Waals surface area contributed by atoms with Crippen molar-refractivity contribution in [2.75, 3.05) is 6.54 Å². The Hall–Kier alpha value is -1.66. The predicted octanol–water partition coefficient (Wildman–Crippen LogP) is 0.654. The summed E-state index contributed by atoms with van der Waals surface area (Å²) in [6.45, 7) is -0.485. The molecule has 0 bridgehead atoms. The van der Waals surface area contributed by atoms with Gasteiger partial charge in [0.05, 0.1) is 17.1 Å². The summed E-state index contributed by atoms with van der Waals surface area (Å²) in [5.41, 5.74) is -0.121. The van der Waals surface area contributed by atoms with Gasteiger partial charge in [-0.05, 0) is 12.1 Å². The lowest BCUT2D eigenvalue weighted by molar-refractivity contribution is -0.146. The SMILES string of the molecule is O=C(NCC(O)C(=O)O)c1cccc(F)c1Cl. The number of aliphatic hydroxyl groups is 1. The summed E-state index contributed by atoms with van der Waals surface area (Å²) < 4.78 is 13.0. The van der Waals surface area contributed by atoms with Crippen molar-refractivity contribution in [1.82, 2.24) is 5.32 Å². The zero-order valence-corrected chi connectivity index (χ0v) is 9.24. The van der Waals surface area contributed by atoms with Crippen LogP contribution >= 0.6 is 11.6 Å². The molecule has 1 rings (SSSR count). The van der Waals surface area contributed by atoms with Crippen molar-refractivity contribution in [1.29, 1.82) is 0 Å². The molecule has 3 N–H and O–H groups in total. The van der Waals surface area contributed by atoms with Crippen molar-refractivity contribution in [3.8, 4) is 0 Å². The Balaban J connectivity index is 2.71. The molecule has 17 heavy (non-hydrogen) atoms. The highest BCUT2D eigenvalue weighted by Gasteiger charge is 2.17. The van der Waals surface area contributed by atoms with Crippen LogP contribution in [-0.2, 0) is 4.79 Å². The molecule has 7 heteroatoms. The predicted molar refractivity (Wildman–Crippen MR) is 57.4 cm³/mol. The van der Waals surface area contributed by atoms with Crippen LogP contribution in [0.1, 0.15) is 10.4 Å². The van der Waals surface area contributed by atoms with E-state index in [0.717, 1.165) is 6.07 Å². The lowest BCUT2D eigenvalue weighted by Gasteiger charge is -2.08. The number of halogens is 2. The Morgan fingerprint density at radius 1 is 1.47 bits per heavy atom. The maximum Gasteiger partial charge on any atom is 0.334 e. The molecule has 0 heterocycles. The number of rotatable bonds is 4. The molecular weight excluding hydrogens is 253 g/mol. The number of amides is 1. The van der Waals surface area contributed by atoms with E-state index < -0.39 is 30.3 Å². The lowest BCUT2D eigenvalue weighted by atomic mass is 10.2. The second kappa shape index (κ2) is 5.60. The summed E-state index contributed by atoms with van der Waals surface area (Å²) in [6.07, 6.45) is -1.72. The van der Waals surface area contributed by atoms with Gasteiger partial charge in [0.25, 0.3) is 5.91 Å². The second-order valence-electron chi connectivity index (χ2n) is 3.17. The standard InChI is InChI=1S/C10H9ClFNO4/c11-8-5(2-1-3-6(8)12)9(15)13-4-7(14)10(16)17/h1-3,7,14H,4H2,(H,13,15)(H,16,17). The first kappa shape index (κ1) is 13.4. The Morgan fingerprint density at radius 3 is 2.71 bits per heavy atom. The highest BCUT2D eigenvalue weighted by molar-refractivity contribution is 6.34. The van der Waals surface area contributed by atoms with Gasteiger partial charge in [0, 0.05) is 0 Å². The third kappa shape index (κ3) is 3.40. The van der Waals surface area contributed by atoms with Crippen molar-refractivity contribution < 1.29 is 24.2 Å². The monoisotopic (exact) mass is 261 g/mol. The maximum atomic E-state index is 13.0. The molecule has 0 aliphatic carbocycles. The molecule has 0 saturated carbocycles. The molecule has 0 saturated heterocycles. The molecule has 5 nitrogen and oxygen atoms in total. The number of aliphatic carboxylic acids is 1. The molecule has 0 aromatic heterocycles. The molecule has 1 amide bonds. The number of carboxylic acids is 1. The van der Waals surface area contributed by atoms with Gasteiger partial charge in [0.2, 0.25) is 0 Å². The highest BCUT2D eigenvalue weighted by atomic mass is 35.5. The first-order valence-corrected chi connectivity index (χ1v) is 4.94. The Labute approximate surface area is 101 Å². The molecule has 0 fully saturated rings. The van der Waals surface area contributed by atoms with Gasteiger partial charge in [-0.2, -0.15) is 0 Å². The highest BCUT2D eigenvalue weighted by Crippen LogP contribution is 2.19. The number of hydrogen-bond acceptors (Lipinski definition) is 3. The summed E-state index contributed by atoms with van der Waals surface area (Å²) in [7, 11) is 0. The molecule has 0 aliphatic heterocycles. The third-order valence-electron chi connectivity index (χ3n) is 1.94. The first-order chi connectivity index (χ1) is 7.93. The van der Waals surface area contributed by atoms with Crippen LogP contribution in [0, 0.1) is 5.82 Å². The van der Waals surface area contributed by atoms with Crippen LogP contribution in [0.5, 0.6) is 0 Å². The van der Waals surface area contributed by atoms with Crippen LogP contribution in [0.3, 0.4) is 0 Å². The van der Waals surface area contributed by atoms with Crippen molar-refractivity contribution in [3.05, 3.63) is 34.6 Å². The quantitative estimate of drug-likeness (QED) is 0.743. The summed E-state index contributed by atoms with van der Waals surface area (Å²) in [5.74, 6) is -2.97. The van der Waals surface area contributed by atoms with Crippen molar-refractivity contribution >= 4 is 23.5 Å². The maximum absolute atomic E-state index is 13.0. The van der Waals surface area contributed by atoms with Crippen LogP contribution < -0.4 is 5.32 Å². The number of benzene rings is 1. The second-order valence-corrected chi connectivity index (χ2v) is 3.54. The largest absolute Gasteiger partial charge is 0.479 e. The number of hydrogen-bond donors (Lipinski definition) is 3. The van der Waals surface area contributed by atoms with Crippen molar-refractivity contribution in [2.45, 2.75) is 6.10 Å². The van der Waals surface area contributed by atoms with Gasteiger partial charge in [0.15, 0.2) is 6.10 Å². The summed E-state index contributed by atoms with van der Waals surface area (Å²) in [4.78, 5) is 21.8. The molecule has 1 aromatic rings. The van der Waals surface area contributed by atoms with Gasteiger partial charge < -0.3 is 15.5 Å². The van der Waals surface area contributed by atoms with Gasteiger partial charge in [-0.3, -0.25) is 4.79 Å². The number of aliphatic hydroxyl groups excluding tert-OH is 1. The van der Waals surface area contributed by atoms with Gasteiger partial charge in [-0.25, -0.2) is 9.18 Å². The van der Waals surface area contributed by atoms with Gasteiger partial charge in [0.1, 0.15) is 5.82 Å². The van der Waals surface area contributed by atoms with Crippen LogP contribution in [-0.4, -0.2) is 34.7 Å². The molecule has 0 radical (unpaired) electrons. The number of nitrogens with one attached hydrogen (secondary N) is 1. The fourth-order valence-electron chi connectivity index (χ4n) is 1.05. The molecule has 1 aromatic carbocycles. The minimum absolute atomic E-state index is 0.121. The van der Waals surface area contributed by atoms with Gasteiger partial charge in [-0.1, -0.05) is 17.7 Å². The number of carboxylic acid groups (broad SMARTS) is 1. The summed E-state index contributed by atoms with van der Waals surface area (Å²) >= 11 is 5.55. The molecule has 1 atom stereocenters.